The van der Waals surface area contributed by atoms with Gasteiger partial charge >= 0.3 is 0 Å². The Hall–Kier alpha value is -0.190. The fourth-order valence-electron chi connectivity index (χ4n) is 2.37. The lowest BCUT2D eigenvalue weighted by molar-refractivity contribution is 0.636. The highest BCUT2D eigenvalue weighted by molar-refractivity contribution is 9.10. The first-order valence-electron chi connectivity index (χ1n) is 6.44. The molecule has 0 aromatic heterocycles. The molecule has 1 aliphatic heterocycles. The van der Waals surface area contributed by atoms with Gasteiger partial charge in [0.05, 0.1) is 0 Å². The van der Waals surface area contributed by atoms with Crippen LogP contribution < -0.4 is 10.2 Å². The largest absolute Gasteiger partial charge is 0.367 e. The number of anilines is 1. The minimum Gasteiger partial charge on any atom is -0.367 e. The van der Waals surface area contributed by atoms with Crippen molar-refractivity contribution in [3.8, 4) is 0 Å². The molecule has 1 heterocycles. The van der Waals surface area contributed by atoms with E-state index in [1.54, 1.807) is 0 Å². The van der Waals surface area contributed by atoms with Crippen molar-refractivity contribution in [1.29, 1.82) is 0 Å². The maximum atomic E-state index is 3.60. The molecule has 0 aliphatic carbocycles. The van der Waals surface area contributed by atoms with E-state index in [1.165, 1.54) is 22.8 Å². The van der Waals surface area contributed by atoms with Crippen molar-refractivity contribution < 1.29 is 0 Å². The minimum atomic E-state index is 0.384. The monoisotopic (exact) mass is 328 g/mol. The lowest BCUT2D eigenvalue weighted by Gasteiger charge is -2.37. The fraction of sp³-hybridized carbons (Fsp3) is 0.571. The van der Waals surface area contributed by atoms with Crippen LogP contribution >= 0.6 is 27.7 Å². The zero-order chi connectivity index (χ0) is 13.1. The Kier molecular flexibility index (Phi) is 4.98. The van der Waals surface area contributed by atoms with Crippen LogP contribution in [0.5, 0.6) is 0 Å². The standard InChI is InChI=1S/C14H21BrN2S/c1-10-9-18-7-6-17(10)14-8-12(15)4-5-13(14)11(2)16-3/h4-5,8,10-11,16H,6-7,9H2,1-3H3. The zero-order valence-corrected chi connectivity index (χ0v) is 13.6. The Balaban J connectivity index is 2.37. The molecule has 1 fully saturated rings. The zero-order valence-electron chi connectivity index (χ0n) is 11.2. The van der Waals surface area contributed by atoms with Crippen LogP contribution in [-0.2, 0) is 0 Å². The summed E-state index contributed by atoms with van der Waals surface area (Å²) in [6.45, 7) is 5.68. The van der Waals surface area contributed by atoms with Crippen LogP contribution in [0.25, 0.3) is 0 Å². The first-order valence-corrected chi connectivity index (χ1v) is 8.39. The van der Waals surface area contributed by atoms with Crippen LogP contribution in [0, 0.1) is 0 Å². The topological polar surface area (TPSA) is 15.3 Å². The van der Waals surface area contributed by atoms with Gasteiger partial charge < -0.3 is 10.2 Å². The lowest BCUT2D eigenvalue weighted by atomic mass is 10.0. The molecular formula is C14H21BrN2S. The summed E-state index contributed by atoms with van der Waals surface area (Å²) in [6, 6.07) is 7.62. The van der Waals surface area contributed by atoms with Gasteiger partial charge in [0.15, 0.2) is 0 Å². The molecule has 1 saturated heterocycles. The van der Waals surface area contributed by atoms with Crippen molar-refractivity contribution in [3.63, 3.8) is 0 Å². The van der Waals surface area contributed by atoms with Crippen LogP contribution in [-0.4, -0.2) is 31.1 Å². The highest BCUT2D eigenvalue weighted by Gasteiger charge is 2.22. The average Bonchev–Trinajstić information content (AvgIpc) is 2.38. The van der Waals surface area contributed by atoms with Crippen LogP contribution in [0.2, 0.25) is 0 Å². The molecule has 1 aromatic carbocycles. The minimum absolute atomic E-state index is 0.384. The second-order valence-electron chi connectivity index (χ2n) is 4.83. The summed E-state index contributed by atoms with van der Waals surface area (Å²) in [5.74, 6) is 2.45. The summed E-state index contributed by atoms with van der Waals surface area (Å²) in [6.07, 6.45) is 0. The number of rotatable bonds is 3. The molecule has 1 aromatic rings. The molecular weight excluding hydrogens is 308 g/mol. The Labute approximate surface area is 123 Å². The first-order chi connectivity index (χ1) is 8.63. The van der Waals surface area contributed by atoms with Crippen molar-refractivity contribution in [2.75, 3.05) is 30.0 Å². The van der Waals surface area contributed by atoms with Crippen molar-refractivity contribution in [3.05, 3.63) is 28.2 Å². The summed E-state index contributed by atoms with van der Waals surface area (Å²) < 4.78 is 1.16. The molecule has 2 unspecified atom stereocenters. The van der Waals surface area contributed by atoms with Gasteiger partial charge in [-0.25, -0.2) is 0 Å². The third-order valence-corrected chi connectivity index (χ3v) is 5.25. The van der Waals surface area contributed by atoms with Crippen molar-refractivity contribution >= 4 is 33.4 Å². The van der Waals surface area contributed by atoms with Gasteiger partial charge in [0.2, 0.25) is 0 Å². The predicted octanol–water partition coefficient (Wildman–Crippen LogP) is 3.67. The highest BCUT2D eigenvalue weighted by atomic mass is 79.9. The van der Waals surface area contributed by atoms with E-state index in [0.717, 1.165) is 11.0 Å². The molecule has 4 heteroatoms. The first kappa shape index (κ1) is 14.2. The number of hydrogen-bond acceptors (Lipinski definition) is 3. The van der Waals surface area contributed by atoms with Gasteiger partial charge in [0.25, 0.3) is 0 Å². The molecule has 2 nitrogen and oxygen atoms in total. The Morgan fingerprint density at radius 2 is 2.28 bits per heavy atom. The smallest absolute Gasteiger partial charge is 0.0428 e. The summed E-state index contributed by atoms with van der Waals surface area (Å²) >= 11 is 5.66. The fourth-order valence-corrected chi connectivity index (χ4v) is 3.73. The Morgan fingerprint density at radius 3 is 2.94 bits per heavy atom. The predicted molar refractivity (Wildman–Crippen MR) is 85.7 cm³/mol. The van der Waals surface area contributed by atoms with Gasteiger partial charge in [-0.3, -0.25) is 0 Å². The molecule has 0 saturated carbocycles. The SMILES string of the molecule is CNC(C)c1ccc(Br)cc1N1CCSCC1C. The van der Waals surface area contributed by atoms with Gasteiger partial charge in [0, 0.05) is 40.3 Å². The Morgan fingerprint density at radius 1 is 1.50 bits per heavy atom. The van der Waals surface area contributed by atoms with Crippen LogP contribution in [0.3, 0.4) is 0 Å². The number of benzene rings is 1. The average molecular weight is 329 g/mol. The second kappa shape index (κ2) is 6.31. The van der Waals surface area contributed by atoms with Gasteiger partial charge in [-0.1, -0.05) is 22.0 Å². The number of hydrogen-bond donors (Lipinski definition) is 1. The lowest BCUT2D eigenvalue weighted by Crippen LogP contribution is -2.41. The van der Waals surface area contributed by atoms with Crippen molar-refractivity contribution in [1.82, 2.24) is 5.32 Å². The normalized spacial score (nSPS) is 22.0. The molecule has 0 spiro atoms. The molecule has 2 atom stereocenters. The van der Waals surface area contributed by atoms with Gasteiger partial charge in [-0.05, 0) is 38.6 Å². The Bertz CT molecular complexity index is 411. The third kappa shape index (κ3) is 3.03. The van der Waals surface area contributed by atoms with E-state index in [1.807, 2.05) is 7.05 Å². The molecule has 100 valence electrons. The van der Waals surface area contributed by atoms with Crippen LogP contribution in [0.1, 0.15) is 25.5 Å². The molecule has 2 rings (SSSR count). The van der Waals surface area contributed by atoms with Crippen LogP contribution in [0.15, 0.2) is 22.7 Å². The van der Waals surface area contributed by atoms with E-state index < -0.39 is 0 Å². The van der Waals surface area contributed by atoms with Gasteiger partial charge in [0.1, 0.15) is 0 Å². The molecule has 1 N–H and O–H groups in total. The summed E-state index contributed by atoms with van der Waals surface area (Å²) in [4.78, 5) is 2.55. The molecule has 0 amide bonds. The summed E-state index contributed by atoms with van der Waals surface area (Å²) in [5, 5.41) is 3.35. The molecule has 0 bridgehead atoms. The van der Waals surface area contributed by atoms with Crippen LogP contribution in [0.4, 0.5) is 5.69 Å². The quantitative estimate of drug-likeness (QED) is 0.911. The van der Waals surface area contributed by atoms with E-state index >= 15 is 0 Å². The number of thioether (sulfide) groups is 1. The molecule has 0 radical (unpaired) electrons. The number of nitrogens with zero attached hydrogens (tertiary/aromatic N) is 1. The van der Waals surface area contributed by atoms with E-state index in [4.69, 9.17) is 0 Å². The maximum Gasteiger partial charge on any atom is 0.0428 e. The van der Waals surface area contributed by atoms with Gasteiger partial charge in [-0.15, -0.1) is 0 Å². The van der Waals surface area contributed by atoms with E-state index in [9.17, 15) is 0 Å². The summed E-state index contributed by atoms with van der Waals surface area (Å²) in [7, 11) is 2.02. The van der Waals surface area contributed by atoms with E-state index in [0.29, 0.717) is 12.1 Å². The van der Waals surface area contributed by atoms with E-state index in [2.05, 4.69) is 70.0 Å². The summed E-state index contributed by atoms with van der Waals surface area (Å²) in [5.41, 5.74) is 2.76. The number of halogens is 1. The second-order valence-corrected chi connectivity index (χ2v) is 6.90. The highest BCUT2D eigenvalue weighted by Crippen LogP contribution is 2.33. The van der Waals surface area contributed by atoms with Gasteiger partial charge in [-0.2, -0.15) is 11.8 Å². The number of nitrogens with one attached hydrogen (secondary N) is 1. The van der Waals surface area contributed by atoms with Crippen molar-refractivity contribution in [2.45, 2.75) is 25.9 Å². The third-order valence-electron chi connectivity index (χ3n) is 3.57. The molecule has 1 aliphatic rings. The van der Waals surface area contributed by atoms with Crippen molar-refractivity contribution in [2.24, 2.45) is 0 Å². The maximum absolute atomic E-state index is 3.60. The molecule has 18 heavy (non-hydrogen) atoms. The van der Waals surface area contributed by atoms with E-state index in [-0.39, 0.29) is 0 Å².